The first-order valence-corrected chi connectivity index (χ1v) is 7.03. The predicted octanol–water partition coefficient (Wildman–Crippen LogP) is 1.38. The van der Waals surface area contributed by atoms with Gasteiger partial charge in [-0.25, -0.2) is 0 Å². The molecule has 16 heavy (non-hydrogen) atoms. The number of rotatable bonds is 1. The second-order valence-electron chi connectivity index (χ2n) is 5.48. The van der Waals surface area contributed by atoms with Gasteiger partial charge in [-0.1, -0.05) is 12.8 Å². The first kappa shape index (κ1) is 11.0. The lowest BCUT2D eigenvalue weighted by molar-refractivity contribution is -0.105. The summed E-state index contributed by atoms with van der Waals surface area (Å²) in [7, 11) is 0. The molecule has 3 nitrogen and oxygen atoms in total. The van der Waals surface area contributed by atoms with Crippen molar-refractivity contribution >= 4 is 0 Å². The van der Waals surface area contributed by atoms with Gasteiger partial charge in [0.1, 0.15) is 0 Å². The Hall–Kier alpha value is -0.120. The van der Waals surface area contributed by atoms with E-state index < -0.39 is 0 Å². The smallest absolute Gasteiger partial charge is 0.0731 e. The molecule has 0 aromatic rings. The second-order valence-corrected chi connectivity index (χ2v) is 5.48. The van der Waals surface area contributed by atoms with E-state index in [9.17, 15) is 0 Å². The van der Waals surface area contributed by atoms with E-state index in [0.29, 0.717) is 6.10 Å². The Kier molecular flexibility index (Phi) is 3.46. The number of hydrogen-bond acceptors (Lipinski definition) is 3. The summed E-state index contributed by atoms with van der Waals surface area (Å²) in [5, 5.41) is 3.47. The maximum absolute atomic E-state index is 5.95. The van der Waals surface area contributed by atoms with Crippen LogP contribution in [0.2, 0.25) is 0 Å². The van der Waals surface area contributed by atoms with Crippen molar-refractivity contribution in [3.05, 3.63) is 0 Å². The summed E-state index contributed by atoms with van der Waals surface area (Å²) in [6.45, 7) is 4.55. The lowest BCUT2D eigenvalue weighted by Crippen LogP contribution is -2.58. The van der Waals surface area contributed by atoms with E-state index in [1.165, 1.54) is 58.2 Å². The summed E-state index contributed by atoms with van der Waals surface area (Å²) in [6, 6.07) is 1.57. The highest BCUT2D eigenvalue weighted by Gasteiger charge is 2.37. The van der Waals surface area contributed by atoms with Crippen LogP contribution in [-0.2, 0) is 4.74 Å². The molecule has 0 radical (unpaired) electrons. The minimum Gasteiger partial charge on any atom is -0.375 e. The molecule has 0 unspecified atom stereocenters. The van der Waals surface area contributed by atoms with Crippen LogP contribution in [-0.4, -0.2) is 49.3 Å². The molecule has 0 bridgehead atoms. The van der Waals surface area contributed by atoms with Gasteiger partial charge in [0.15, 0.2) is 0 Å². The third kappa shape index (κ3) is 2.13. The molecule has 92 valence electrons. The molecule has 3 fully saturated rings. The van der Waals surface area contributed by atoms with Crippen molar-refractivity contribution < 1.29 is 4.74 Å². The summed E-state index contributed by atoms with van der Waals surface area (Å²) in [6.07, 6.45) is 8.68. The summed E-state index contributed by atoms with van der Waals surface area (Å²) >= 11 is 0. The normalized spacial score (nSPS) is 38.2. The van der Waals surface area contributed by atoms with Crippen LogP contribution in [0.3, 0.4) is 0 Å². The summed E-state index contributed by atoms with van der Waals surface area (Å²) in [5.41, 5.74) is 0. The van der Waals surface area contributed by atoms with Crippen LogP contribution < -0.4 is 5.32 Å². The summed E-state index contributed by atoms with van der Waals surface area (Å²) in [5.74, 6) is 0. The fraction of sp³-hybridized carbons (Fsp3) is 1.00. The van der Waals surface area contributed by atoms with Crippen molar-refractivity contribution in [3.8, 4) is 0 Å². The van der Waals surface area contributed by atoms with Crippen molar-refractivity contribution in [1.29, 1.82) is 0 Å². The Balaban J connectivity index is 1.67. The highest BCUT2D eigenvalue weighted by molar-refractivity contribution is 4.91. The first-order valence-electron chi connectivity index (χ1n) is 7.03. The molecule has 0 spiro atoms. The maximum atomic E-state index is 5.95. The molecule has 0 amide bonds. The van der Waals surface area contributed by atoms with Gasteiger partial charge in [0.05, 0.1) is 12.7 Å². The fourth-order valence-corrected chi connectivity index (χ4v) is 3.72. The van der Waals surface area contributed by atoms with E-state index in [-0.39, 0.29) is 0 Å². The maximum Gasteiger partial charge on any atom is 0.0731 e. The van der Waals surface area contributed by atoms with Gasteiger partial charge in [0.25, 0.3) is 0 Å². The average Bonchev–Trinajstić information content (AvgIpc) is 2.39. The van der Waals surface area contributed by atoms with E-state index in [1.54, 1.807) is 0 Å². The third-order valence-corrected chi connectivity index (χ3v) is 4.55. The van der Waals surface area contributed by atoms with E-state index in [4.69, 9.17) is 4.74 Å². The zero-order chi connectivity index (χ0) is 10.8. The molecular formula is C13H24N2O. The Morgan fingerprint density at radius 2 is 1.81 bits per heavy atom. The molecule has 3 heteroatoms. The molecule has 0 aromatic heterocycles. The summed E-state index contributed by atoms with van der Waals surface area (Å²) in [4.78, 5) is 2.79. The average molecular weight is 224 g/mol. The van der Waals surface area contributed by atoms with Gasteiger partial charge in [0, 0.05) is 18.6 Å². The summed E-state index contributed by atoms with van der Waals surface area (Å²) < 4.78 is 5.95. The van der Waals surface area contributed by atoms with Gasteiger partial charge in [-0.3, -0.25) is 4.90 Å². The number of nitrogens with zero attached hydrogens (tertiary/aromatic N) is 1. The van der Waals surface area contributed by atoms with Gasteiger partial charge < -0.3 is 10.1 Å². The van der Waals surface area contributed by atoms with Crippen LogP contribution in [0.5, 0.6) is 0 Å². The Morgan fingerprint density at radius 1 is 1.00 bits per heavy atom. The molecule has 2 heterocycles. The predicted molar refractivity (Wildman–Crippen MR) is 64.6 cm³/mol. The van der Waals surface area contributed by atoms with Crippen LogP contribution in [0.15, 0.2) is 0 Å². The van der Waals surface area contributed by atoms with Crippen LogP contribution >= 0.6 is 0 Å². The molecule has 3 aliphatic rings. The number of ether oxygens (including phenoxy) is 1. The lowest BCUT2D eigenvalue weighted by Gasteiger charge is -2.48. The largest absolute Gasteiger partial charge is 0.375 e. The Bertz CT molecular complexity index is 226. The van der Waals surface area contributed by atoms with Crippen molar-refractivity contribution in [1.82, 2.24) is 10.2 Å². The molecule has 2 atom stereocenters. The zero-order valence-corrected chi connectivity index (χ0v) is 10.2. The van der Waals surface area contributed by atoms with Crippen molar-refractivity contribution in [2.75, 3.05) is 26.2 Å². The SMILES string of the molecule is C1CC[C@H]2[C@H](C1)OCCN2C1CCNCC1. The topological polar surface area (TPSA) is 24.5 Å². The van der Waals surface area contributed by atoms with Crippen LogP contribution in [0, 0.1) is 0 Å². The van der Waals surface area contributed by atoms with Crippen LogP contribution in [0.1, 0.15) is 38.5 Å². The van der Waals surface area contributed by atoms with Gasteiger partial charge in [0.2, 0.25) is 0 Å². The standard InChI is InChI=1S/C13H24N2O/c1-2-4-13-12(3-1)15(9-10-16-13)11-5-7-14-8-6-11/h11-14H,1-10H2/t12-,13-/m0/s1. The Morgan fingerprint density at radius 3 is 2.69 bits per heavy atom. The van der Waals surface area contributed by atoms with Crippen molar-refractivity contribution in [2.24, 2.45) is 0 Å². The van der Waals surface area contributed by atoms with Gasteiger partial charge in [-0.2, -0.15) is 0 Å². The molecule has 0 aromatic carbocycles. The highest BCUT2D eigenvalue weighted by Crippen LogP contribution is 2.31. The Labute approximate surface area is 98.5 Å². The molecule has 3 rings (SSSR count). The van der Waals surface area contributed by atoms with Crippen LogP contribution in [0.25, 0.3) is 0 Å². The number of hydrogen-bond donors (Lipinski definition) is 1. The first-order chi connectivity index (χ1) is 7.95. The zero-order valence-electron chi connectivity index (χ0n) is 10.2. The third-order valence-electron chi connectivity index (χ3n) is 4.55. The number of morpholine rings is 1. The van der Waals surface area contributed by atoms with Crippen molar-refractivity contribution in [3.63, 3.8) is 0 Å². The van der Waals surface area contributed by atoms with E-state index in [1.807, 2.05) is 0 Å². The van der Waals surface area contributed by atoms with Gasteiger partial charge in [-0.15, -0.1) is 0 Å². The minimum absolute atomic E-state index is 0.553. The van der Waals surface area contributed by atoms with Gasteiger partial charge in [-0.05, 0) is 38.8 Å². The van der Waals surface area contributed by atoms with E-state index >= 15 is 0 Å². The lowest BCUT2D eigenvalue weighted by atomic mass is 9.88. The molecule has 2 saturated heterocycles. The van der Waals surface area contributed by atoms with E-state index in [0.717, 1.165) is 18.7 Å². The number of nitrogens with one attached hydrogen (secondary N) is 1. The van der Waals surface area contributed by atoms with E-state index in [2.05, 4.69) is 10.2 Å². The second kappa shape index (κ2) is 5.03. The molecule has 1 N–H and O–H groups in total. The molecule has 2 aliphatic heterocycles. The highest BCUT2D eigenvalue weighted by atomic mass is 16.5. The molecule has 1 aliphatic carbocycles. The quantitative estimate of drug-likeness (QED) is 0.728. The monoisotopic (exact) mass is 224 g/mol. The fourth-order valence-electron chi connectivity index (χ4n) is 3.72. The molecule has 1 saturated carbocycles. The number of piperidine rings is 1. The van der Waals surface area contributed by atoms with Crippen LogP contribution in [0.4, 0.5) is 0 Å². The number of fused-ring (bicyclic) bond motifs is 1. The van der Waals surface area contributed by atoms with Crippen molar-refractivity contribution in [2.45, 2.75) is 56.7 Å². The minimum atomic E-state index is 0.553. The van der Waals surface area contributed by atoms with Gasteiger partial charge >= 0.3 is 0 Å². The molecular weight excluding hydrogens is 200 g/mol.